The van der Waals surface area contributed by atoms with Crippen LogP contribution in [-0.4, -0.2) is 44.7 Å². The molecule has 2 aliphatic rings. The number of fused-ring (bicyclic) bond motifs is 1. The molecule has 1 fully saturated rings. The number of benzene rings is 2. The van der Waals surface area contributed by atoms with Gasteiger partial charge >= 0.3 is 0 Å². The van der Waals surface area contributed by atoms with Gasteiger partial charge in [0.1, 0.15) is 5.82 Å². The van der Waals surface area contributed by atoms with Crippen molar-refractivity contribution in [1.29, 1.82) is 0 Å². The van der Waals surface area contributed by atoms with Crippen molar-refractivity contribution in [1.82, 2.24) is 10.2 Å². The van der Waals surface area contributed by atoms with Crippen LogP contribution in [0, 0.1) is 5.82 Å². The van der Waals surface area contributed by atoms with Gasteiger partial charge in [0.25, 0.3) is 0 Å². The second kappa shape index (κ2) is 7.14. The van der Waals surface area contributed by atoms with Gasteiger partial charge in [-0.1, -0.05) is 18.2 Å². The normalized spacial score (nSPS) is 21.7. The van der Waals surface area contributed by atoms with Gasteiger partial charge in [0.05, 0.1) is 0 Å². The lowest BCUT2D eigenvalue weighted by atomic mass is 9.86. The summed E-state index contributed by atoms with van der Waals surface area (Å²) in [5, 5.41) is 3.41. The van der Waals surface area contributed by atoms with Crippen LogP contribution in [0.2, 0.25) is 0 Å². The average Bonchev–Trinajstić information content (AvgIpc) is 2.80. The molecule has 1 unspecified atom stereocenters. The molecule has 0 amide bonds. The maximum absolute atomic E-state index is 13.8. The maximum atomic E-state index is 13.8. The predicted molar refractivity (Wildman–Crippen MR) is 101 cm³/mol. The molecule has 0 aromatic heterocycles. The van der Waals surface area contributed by atoms with E-state index in [2.05, 4.69) is 46.4 Å². The first-order valence-electron chi connectivity index (χ1n) is 9.23. The van der Waals surface area contributed by atoms with Crippen molar-refractivity contribution < 1.29 is 4.39 Å². The van der Waals surface area contributed by atoms with Crippen LogP contribution in [0.1, 0.15) is 29.0 Å². The summed E-state index contributed by atoms with van der Waals surface area (Å²) >= 11 is 0. The van der Waals surface area contributed by atoms with E-state index in [1.807, 2.05) is 6.07 Å². The van der Waals surface area contributed by atoms with E-state index in [9.17, 15) is 4.39 Å². The Morgan fingerprint density at radius 3 is 2.68 bits per heavy atom. The molecule has 132 valence electrons. The molecule has 4 heteroatoms. The highest BCUT2D eigenvalue weighted by Gasteiger charge is 2.24. The summed E-state index contributed by atoms with van der Waals surface area (Å²) in [6.07, 6.45) is 1.03. The van der Waals surface area contributed by atoms with E-state index in [1.165, 1.54) is 22.9 Å². The second-order valence-electron chi connectivity index (χ2n) is 7.25. The first-order valence-corrected chi connectivity index (χ1v) is 9.23. The SMILES string of the molecule is CN1CCC(c2cccc(F)c2)c2ccc(N3CCNCC3)cc2C1. The zero-order valence-electron chi connectivity index (χ0n) is 14.8. The Bertz CT molecular complexity index is 740. The van der Waals surface area contributed by atoms with Gasteiger partial charge < -0.3 is 15.1 Å². The van der Waals surface area contributed by atoms with E-state index in [-0.39, 0.29) is 11.7 Å². The summed E-state index contributed by atoms with van der Waals surface area (Å²) in [7, 11) is 2.18. The van der Waals surface area contributed by atoms with E-state index < -0.39 is 0 Å². The first-order chi connectivity index (χ1) is 12.2. The molecular weight excluding hydrogens is 313 g/mol. The predicted octanol–water partition coefficient (Wildman–Crippen LogP) is 3.20. The van der Waals surface area contributed by atoms with Crippen LogP contribution < -0.4 is 10.2 Å². The molecule has 2 aromatic carbocycles. The monoisotopic (exact) mass is 339 g/mol. The van der Waals surface area contributed by atoms with Gasteiger partial charge in [-0.25, -0.2) is 4.39 Å². The van der Waals surface area contributed by atoms with E-state index in [0.29, 0.717) is 0 Å². The molecule has 0 spiro atoms. The van der Waals surface area contributed by atoms with E-state index >= 15 is 0 Å². The number of nitrogens with zero attached hydrogens (tertiary/aromatic N) is 2. The molecule has 2 aliphatic heterocycles. The number of anilines is 1. The van der Waals surface area contributed by atoms with Gasteiger partial charge in [0, 0.05) is 44.3 Å². The largest absolute Gasteiger partial charge is 0.369 e. The van der Waals surface area contributed by atoms with Gasteiger partial charge in [-0.15, -0.1) is 0 Å². The highest BCUT2D eigenvalue weighted by molar-refractivity contribution is 5.54. The molecule has 3 nitrogen and oxygen atoms in total. The van der Waals surface area contributed by atoms with Crippen molar-refractivity contribution in [2.24, 2.45) is 0 Å². The summed E-state index contributed by atoms with van der Waals surface area (Å²) in [6, 6.07) is 14.0. The molecule has 0 radical (unpaired) electrons. The molecule has 1 N–H and O–H groups in total. The van der Waals surface area contributed by atoms with Crippen LogP contribution in [0.25, 0.3) is 0 Å². The topological polar surface area (TPSA) is 18.5 Å². The Hall–Kier alpha value is -1.91. The molecule has 1 atom stereocenters. The molecular formula is C21H26FN3. The van der Waals surface area contributed by atoms with Crippen LogP contribution in [-0.2, 0) is 6.54 Å². The lowest BCUT2D eigenvalue weighted by molar-refractivity contribution is 0.328. The number of rotatable bonds is 2. The third-order valence-electron chi connectivity index (χ3n) is 5.47. The fourth-order valence-corrected chi connectivity index (χ4v) is 4.13. The van der Waals surface area contributed by atoms with Gasteiger partial charge in [-0.2, -0.15) is 0 Å². The number of piperazine rings is 1. The third-order valence-corrected chi connectivity index (χ3v) is 5.47. The number of hydrogen-bond acceptors (Lipinski definition) is 3. The standard InChI is InChI=1S/C21H26FN3/c1-24-10-7-21(16-3-2-4-18(22)13-16)20-6-5-19(14-17(20)15-24)25-11-8-23-9-12-25/h2-6,13-14,21,23H,7-12,15H2,1H3. The zero-order chi connectivity index (χ0) is 17.2. The molecule has 2 aromatic rings. The Labute approximate surface area is 149 Å². The van der Waals surface area contributed by atoms with Crippen molar-refractivity contribution in [3.8, 4) is 0 Å². The van der Waals surface area contributed by atoms with Crippen molar-refractivity contribution in [3.05, 3.63) is 65.0 Å². The third kappa shape index (κ3) is 3.55. The van der Waals surface area contributed by atoms with Crippen LogP contribution >= 0.6 is 0 Å². The fraction of sp³-hybridized carbons (Fsp3) is 0.429. The lowest BCUT2D eigenvalue weighted by Crippen LogP contribution is -2.43. The minimum atomic E-state index is -0.144. The molecule has 4 rings (SSSR count). The molecule has 0 bridgehead atoms. The van der Waals surface area contributed by atoms with Crippen molar-refractivity contribution >= 4 is 5.69 Å². The van der Waals surface area contributed by atoms with E-state index in [1.54, 1.807) is 6.07 Å². The summed E-state index contributed by atoms with van der Waals surface area (Å²) in [6.45, 7) is 6.19. The summed E-state index contributed by atoms with van der Waals surface area (Å²) < 4.78 is 13.8. The first kappa shape index (κ1) is 16.6. The molecule has 1 saturated heterocycles. The van der Waals surface area contributed by atoms with Crippen molar-refractivity contribution in [2.45, 2.75) is 18.9 Å². The van der Waals surface area contributed by atoms with Gasteiger partial charge in [-0.05, 0) is 61.0 Å². The van der Waals surface area contributed by atoms with Crippen molar-refractivity contribution in [3.63, 3.8) is 0 Å². The van der Waals surface area contributed by atoms with E-state index in [4.69, 9.17) is 0 Å². The van der Waals surface area contributed by atoms with Gasteiger partial charge in [-0.3, -0.25) is 0 Å². The highest BCUT2D eigenvalue weighted by atomic mass is 19.1. The minimum Gasteiger partial charge on any atom is -0.369 e. The summed E-state index contributed by atoms with van der Waals surface area (Å²) in [4.78, 5) is 4.83. The molecule has 2 heterocycles. The minimum absolute atomic E-state index is 0.144. The number of hydrogen-bond donors (Lipinski definition) is 1. The van der Waals surface area contributed by atoms with Crippen LogP contribution in [0.5, 0.6) is 0 Å². The van der Waals surface area contributed by atoms with Crippen molar-refractivity contribution in [2.75, 3.05) is 44.7 Å². The summed E-state index contributed by atoms with van der Waals surface area (Å²) in [5.74, 6) is 0.127. The summed E-state index contributed by atoms with van der Waals surface area (Å²) in [5.41, 5.74) is 5.14. The average molecular weight is 339 g/mol. The number of halogens is 1. The quantitative estimate of drug-likeness (QED) is 0.906. The molecule has 0 saturated carbocycles. The van der Waals surface area contributed by atoms with Crippen LogP contribution in [0.15, 0.2) is 42.5 Å². The van der Waals surface area contributed by atoms with Crippen LogP contribution in [0.3, 0.4) is 0 Å². The van der Waals surface area contributed by atoms with E-state index in [0.717, 1.165) is 51.3 Å². The second-order valence-corrected chi connectivity index (χ2v) is 7.25. The lowest BCUT2D eigenvalue weighted by Gasteiger charge is -2.30. The zero-order valence-corrected chi connectivity index (χ0v) is 14.8. The Kier molecular flexibility index (Phi) is 4.73. The smallest absolute Gasteiger partial charge is 0.123 e. The van der Waals surface area contributed by atoms with Gasteiger partial charge in [0.2, 0.25) is 0 Å². The van der Waals surface area contributed by atoms with Gasteiger partial charge in [0.15, 0.2) is 0 Å². The molecule has 25 heavy (non-hydrogen) atoms. The highest BCUT2D eigenvalue weighted by Crippen LogP contribution is 2.35. The maximum Gasteiger partial charge on any atom is 0.123 e. The Morgan fingerprint density at radius 1 is 1.04 bits per heavy atom. The van der Waals surface area contributed by atoms with Crippen LogP contribution in [0.4, 0.5) is 10.1 Å². The number of nitrogens with one attached hydrogen (secondary N) is 1. The Morgan fingerprint density at radius 2 is 1.88 bits per heavy atom. The fourth-order valence-electron chi connectivity index (χ4n) is 4.13. The molecule has 0 aliphatic carbocycles. The Balaban J connectivity index is 1.71.